The number of esters is 1. The third kappa shape index (κ3) is 8.76. The Morgan fingerprint density at radius 3 is 2.78 bits per heavy atom. The Balaban J connectivity index is 1.44. The number of aliphatic hydroxyl groups is 2. The predicted octanol–water partition coefficient (Wildman–Crippen LogP) is 4.11. The van der Waals surface area contributed by atoms with Gasteiger partial charge in [-0.1, -0.05) is 61.1 Å². The predicted molar refractivity (Wildman–Crippen MR) is 141 cm³/mol. The zero-order valence-corrected chi connectivity index (χ0v) is 22.0. The summed E-state index contributed by atoms with van der Waals surface area (Å²) >= 11 is 0. The summed E-state index contributed by atoms with van der Waals surface area (Å²) in [5.74, 6) is -0.141. The van der Waals surface area contributed by atoms with Crippen molar-refractivity contribution in [1.82, 2.24) is 0 Å². The van der Waals surface area contributed by atoms with Gasteiger partial charge in [-0.2, -0.15) is 0 Å². The fraction of sp³-hybridized carbons (Fsp3) is 0.633. The molecule has 0 radical (unpaired) electrons. The highest BCUT2D eigenvalue weighted by Crippen LogP contribution is 2.35. The Labute approximate surface area is 220 Å². The van der Waals surface area contributed by atoms with Gasteiger partial charge in [-0.25, -0.2) is 4.79 Å². The smallest absolute Gasteiger partial charge is 0.330 e. The molecule has 37 heavy (non-hydrogen) atoms. The van der Waals surface area contributed by atoms with Crippen LogP contribution in [0.5, 0.6) is 0 Å². The fourth-order valence-corrected chi connectivity index (χ4v) is 5.45. The van der Waals surface area contributed by atoms with Crippen molar-refractivity contribution in [1.29, 1.82) is 0 Å². The van der Waals surface area contributed by atoms with Gasteiger partial charge in [-0.3, -0.25) is 0 Å². The number of carbonyl (C=O) groups excluding carboxylic acids is 1. The Morgan fingerprint density at radius 2 is 1.97 bits per heavy atom. The highest BCUT2D eigenvalue weighted by molar-refractivity contribution is 5.82. The van der Waals surface area contributed by atoms with Gasteiger partial charge in [0.05, 0.1) is 37.1 Å². The van der Waals surface area contributed by atoms with Crippen LogP contribution in [0.4, 0.5) is 0 Å². The average molecular weight is 515 g/mol. The summed E-state index contributed by atoms with van der Waals surface area (Å²) in [5.41, 5.74) is 2.23. The summed E-state index contributed by atoms with van der Waals surface area (Å²) in [4.78, 5) is 12.6. The van der Waals surface area contributed by atoms with E-state index in [1.165, 1.54) is 11.6 Å². The van der Waals surface area contributed by atoms with Gasteiger partial charge in [-0.05, 0) is 51.4 Å². The number of aliphatic hydroxyl groups excluding tert-OH is 2. The monoisotopic (exact) mass is 514 g/mol. The van der Waals surface area contributed by atoms with Crippen molar-refractivity contribution in [3.63, 3.8) is 0 Å². The lowest BCUT2D eigenvalue weighted by Gasteiger charge is -2.28. The lowest BCUT2D eigenvalue weighted by Crippen LogP contribution is -2.32. The van der Waals surface area contributed by atoms with Crippen LogP contribution in [0.15, 0.2) is 60.3 Å². The van der Waals surface area contributed by atoms with Crippen molar-refractivity contribution < 1.29 is 34.0 Å². The summed E-state index contributed by atoms with van der Waals surface area (Å²) in [7, 11) is 0. The van der Waals surface area contributed by atoms with Gasteiger partial charge in [0.15, 0.2) is 0 Å². The SMILES string of the molecule is C=C1C[C@H](C)C[C@@H]2CC=C[C@@H](CC=CC(=O)O[C@H]([C@@H](O)C=C[C@@H]3CC(C)=CCO3)C[C@@H]3OC3[C@@H](O)C1)O2. The van der Waals surface area contributed by atoms with Crippen LogP contribution in [0.3, 0.4) is 0 Å². The lowest BCUT2D eigenvalue weighted by molar-refractivity contribution is -0.148. The lowest BCUT2D eigenvalue weighted by atomic mass is 9.91. The van der Waals surface area contributed by atoms with Gasteiger partial charge in [0.25, 0.3) is 0 Å². The molecule has 2 bridgehead atoms. The maximum atomic E-state index is 12.6. The number of carbonyl (C=O) groups is 1. The molecule has 0 saturated carbocycles. The van der Waals surface area contributed by atoms with Crippen LogP contribution in [0, 0.1) is 5.92 Å². The normalized spacial score (nSPS) is 38.8. The first-order valence-corrected chi connectivity index (χ1v) is 13.6. The Kier molecular flexibility index (Phi) is 9.96. The Hall–Kier alpha value is -2.03. The zero-order chi connectivity index (χ0) is 26.4. The number of epoxide rings is 1. The fourth-order valence-electron chi connectivity index (χ4n) is 5.45. The van der Waals surface area contributed by atoms with Crippen molar-refractivity contribution in [2.24, 2.45) is 5.92 Å². The first-order valence-electron chi connectivity index (χ1n) is 13.6. The van der Waals surface area contributed by atoms with E-state index in [0.717, 1.165) is 31.3 Å². The molecule has 1 unspecified atom stereocenters. The van der Waals surface area contributed by atoms with E-state index in [-0.39, 0.29) is 36.9 Å². The van der Waals surface area contributed by atoms with E-state index in [1.807, 2.05) is 18.2 Å². The molecule has 204 valence electrons. The molecule has 0 amide bonds. The van der Waals surface area contributed by atoms with E-state index in [2.05, 4.69) is 26.5 Å². The van der Waals surface area contributed by atoms with Crippen LogP contribution in [-0.2, 0) is 23.7 Å². The maximum absolute atomic E-state index is 12.6. The summed E-state index contributed by atoms with van der Waals surface area (Å²) in [6.45, 7) is 8.98. The Bertz CT molecular complexity index is 919. The van der Waals surface area contributed by atoms with E-state index < -0.39 is 24.3 Å². The van der Waals surface area contributed by atoms with E-state index in [9.17, 15) is 15.0 Å². The minimum Gasteiger partial charge on any atom is -0.456 e. The van der Waals surface area contributed by atoms with Crippen LogP contribution in [-0.4, -0.2) is 71.6 Å². The van der Waals surface area contributed by atoms with Gasteiger partial charge < -0.3 is 29.2 Å². The van der Waals surface area contributed by atoms with E-state index in [1.54, 1.807) is 12.2 Å². The summed E-state index contributed by atoms with van der Waals surface area (Å²) in [6, 6.07) is 0. The molecule has 7 nitrogen and oxygen atoms in total. The molecule has 4 rings (SSSR count). The summed E-state index contributed by atoms with van der Waals surface area (Å²) in [5, 5.41) is 21.7. The average Bonchev–Trinajstić information content (AvgIpc) is 3.61. The maximum Gasteiger partial charge on any atom is 0.330 e. The number of fused-ring (bicyclic) bond motifs is 3. The highest BCUT2D eigenvalue weighted by atomic mass is 16.6. The first kappa shape index (κ1) is 28.0. The minimum absolute atomic E-state index is 0.0863. The van der Waals surface area contributed by atoms with Crippen molar-refractivity contribution in [2.75, 3.05) is 6.61 Å². The molecule has 1 saturated heterocycles. The third-order valence-corrected chi connectivity index (χ3v) is 7.44. The number of ether oxygens (including phenoxy) is 4. The number of cyclic esters (lactones) is 1. The molecule has 0 aromatic carbocycles. The van der Waals surface area contributed by atoms with Crippen molar-refractivity contribution in [3.05, 3.63) is 60.3 Å². The van der Waals surface area contributed by atoms with Gasteiger partial charge in [0.1, 0.15) is 18.3 Å². The molecule has 0 spiro atoms. The highest BCUT2D eigenvalue weighted by Gasteiger charge is 2.46. The minimum atomic E-state index is -1.03. The van der Waals surface area contributed by atoms with Crippen LogP contribution in [0.1, 0.15) is 58.8 Å². The van der Waals surface area contributed by atoms with Gasteiger partial charge in [-0.15, -0.1) is 0 Å². The first-order chi connectivity index (χ1) is 17.8. The molecule has 4 aliphatic rings. The summed E-state index contributed by atoms with van der Waals surface area (Å²) < 4.78 is 23.4. The van der Waals surface area contributed by atoms with Crippen molar-refractivity contribution >= 4 is 5.97 Å². The quantitative estimate of drug-likeness (QED) is 0.332. The number of hydrogen-bond donors (Lipinski definition) is 2. The molecule has 0 aromatic heterocycles. The van der Waals surface area contributed by atoms with E-state index in [0.29, 0.717) is 25.4 Å². The molecule has 4 heterocycles. The topological polar surface area (TPSA) is 97.8 Å². The molecule has 7 heteroatoms. The van der Waals surface area contributed by atoms with Crippen LogP contribution in [0.2, 0.25) is 0 Å². The molecule has 4 aliphatic heterocycles. The van der Waals surface area contributed by atoms with Crippen molar-refractivity contribution in [3.8, 4) is 0 Å². The largest absolute Gasteiger partial charge is 0.456 e. The molecular weight excluding hydrogens is 472 g/mol. The molecule has 9 atom stereocenters. The molecule has 0 aromatic rings. The number of rotatable bonds is 3. The van der Waals surface area contributed by atoms with Gasteiger partial charge in [0.2, 0.25) is 0 Å². The molecule has 2 N–H and O–H groups in total. The van der Waals surface area contributed by atoms with Gasteiger partial charge >= 0.3 is 5.97 Å². The second-order valence-corrected chi connectivity index (χ2v) is 11.0. The van der Waals surface area contributed by atoms with Crippen LogP contribution < -0.4 is 0 Å². The standard InChI is InChI=1S/C30H42O7/c1-19-12-13-34-23(15-19)10-11-25(31)27-18-28-30(37-28)26(32)17-21(3)14-20(2)16-24-8-4-6-22(35-24)7-5-9-29(33)36-27/h4-6,9-12,20,22-28,30-32H,3,7-8,13-18H2,1-2H3/t20-,22-,23+,24-,25-,26-,27-,28-,30?/m0/s1. The van der Waals surface area contributed by atoms with E-state index in [4.69, 9.17) is 18.9 Å². The zero-order valence-electron chi connectivity index (χ0n) is 22.0. The van der Waals surface area contributed by atoms with Gasteiger partial charge in [0, 0.05) is 12.5 Å². The van der Waals surface area contributed by atoms with E-state index >= 15 is 0 Å². The summed E-state index contributed by atoms with van der Waals surface area (Å²) in [6.07, 6.45) is 14.3. The second-order valence-electron chi connectivity index (χ2n) is 11.0. The van der Waals surface area contributed by atoms with Crippen LogP contribution in [0.25, 0.3) is 0 Å². The number of hydrogen-bond acceptors (Lipinski definition) is 7. The van der Waals surface area contributed by atoms with Crippen molar-refractivity contribution in [2.45, 2.75) is 108 Å². The van der Waals surface area contributed by atoms with Crippen LogP contribution >= 0.6 is 0 Å². The molecular formula is C30H42O7. The Morgan fingerprint density at radius 1 is 1.14 bits per heavy atom. The third-order valence-electron chi connectivity index (χ3n) is 7.44. The molecule has 0 aliphatic carbocycles. The second kappa shape index (κ2) is 13.2. The molecule has 1 fully saturated rings.